The molecule has 2 aromatic heterocycles. The van der Waals surface area contributed by atoms with Crippen molar-refractivity contribution in [1.29, 1.82) is 0 Å². The molecule has 1 saturated heterocycles. The molecule has 2 aromatic rings. The lowest BCUT2D eigenvalue weighted by atomic mass is 10.1. The van der Waals surface area contributed by atoms with Crippen LogP contribution in [0.1, 0.15) is 41.5 Å². The third kappa shape index (κ3) is 5.51. The number of carbonyl (C=O) groups excluding carboxylic acids is 2. The quantitative estimate of drug-likeness (QED) is 0.633. The Morgan fingerprint density at radius 2 is 2.03 bits per heavy atom. The Balaban J connectivity index is 1.49. The zero-order valence-corrected chi connectivity index (χ0v) is 17.2. The summed E-state index contributed by atoms with van der Waals surface area (Å²) in [6, 6.07) is 7.88. The Morgan fingerprint density at radius 1 is 1.24 bits per heavy atom. The van der Waals surface area contributed by atoms with E-state index < -0.39 is 0 Å². The van der Waals surface area contributed by atoms with Gasteiger partial charge >= 0.3 is 0 Å². The van der Waals surface area contributed by atoms with Gasteiger partial charge < -0.3 is 16.0 Å². The Labute approximate surface area is 171 Å². The molecule has 8 nitrogen and oxygen atoms in total. The van der Waals surface area contributed by atoms with Crippen LogP contribution in [0.2, 0.25) is 0 Å². The van der Waals surface area contributed by atoms with Crippen molar-refractivity contribution in [2.75, 3.05) is 30.8 Å². The second-order valence-corrected chi connectivity index (χ2v) is 7.29. The van der Waals surface area contributed by atoms with Crippen LogP contribution in [0.25, 0.3) is 0 Å². The van der Waals surface area contributed by atoms with Crippen LogP contribution in [0.15, 0.2) is 30.5 Å². The molecule has 0 aliphatic carbocycles. The second kappa shape index (κ2) is 9.47. The number of carbonyl (C=O) groups is 2. The summed E-state index contributed by atoms with van der Waals surface area (Å²) in [5.74, 6) is 0.419. The van der Waals surface area contributed by atoms with Crippen LogP contribution in [0.4, 0.5) is 11.5 Å². The van der Waals surface area contributed by atoms with Gasteiger partial charge in [0.1, 0.15) is 11.5 Å². The molecule has 0 bridgehead atoms. The van der Waals surface area contributed by atoms with E-state index in [-0.39, 0.29) is 11.8 Å². The van der Waals surface area contributed by atoms with Crippen molar-refractivity contribution < 1.29 is 9.59 Å². The summed E-state index contributed by atoms with van der Waals surface area (Å²) in [6.07, 6.45) is 3.05. The number of anilines is 2. The lowest BCUT2D eigenvalue weighted by Crippen LogP contribution is -2.54. The molecule has 8 heteroatoms. The fourth-order valence-corrected chi connectivity index (χ4v) is 3.31. The lowest BCUT2D eigenvalue weighted by molar-refractivity contribution is -0.116. The molecule has 0 unspecified atom stereocenters. The average molecular weight is 396 g/mol. The Hall–Kier alpha value is -3.00. The highest BCUT2D eigenvalue weighted by Crippen LogP contribution is 2.20. The van der Waals surface area contributed by atoms with Crippen molar-refractivity contribution in [3.05, 3.63) is 47.4 Å². The molecule has 1 aliphatic heterocycles. The van der Waals surface area contributed by atoms with Gasteiger partial charge in [0.05, 0.1) is 17.4 Å². The predicted molar refractivity (Wildman–Crippen MR) is 113 cm³/mol. The van der Waals surface area contributed by atoms with Crippen LogP contribution in [0, 0.1) is 6.92 Å². The smallest absolute Gasteiger partial charge is 0.269 e. The van der Waals surface area contributed by atoms with E-state index in [0.717, 1.165) is 43.0 Å². The van der Waals surface area contributed by atoms with E-state index in [1.165, 1.54) is 0 Å². The van der Waals surface area contributed by atoms with Crippen LogP contribution < -0.4 is 16.0 Å². The summed E-state index contributed by atoms with van der Waals surface area (Å²) in [6.45, 7) is 6.51. The summed E-state index contributed by atoms with van der Waals surface area (Å²) >= 11 is 0. The van der Waals surface area contributed by atoms with Crippen LogP contribution >= 0.6 is 0 Å². The largest absolute Gasteiger partial charge is 0.378 e. The zero-order chi connectivity index (χ0) is 20.8. The summed E-state index contributed by atoms with van der Waals surface area (Å²) in [4.78, 5) is 34.3. The van der Waals surface area contributed by atoms with E-state index >= 15 is 0 Å². The van der Waals surface area contributed by atoms with E-state index in [9.17, 15) is 9.59 Å². The van der Waals surface area contributed by atoms with Gasteiger partial charge in [-0.1, -0.05) is 6.92 Å². The van der Waals surface area contributed by atoms with E-state index in [1.54, 1.807) is 19.3 Å². The molecule has 0 spiro atoms. The third-order valence-corrected chi connectivity index (χ3v) is 4.84. The Kier molecular flexibility index (Phi) is 6.77. The third-order valence-electron chi connectivity index (χ3n) is 4.84. The maximum absolute atomic E-state index is 11.7. The highest BCUT2D eigenvalue weighted by molar-refractivity contribution is 5.92. The average Bonchev–Trinajstić information content (AvgIpc) is 2.67. The molecule has 0 atom stereocenters. The lowest BCUT2D eigenvalue weighted by Gasteiger charge is -2.40. The first-order valence-corrected chi connectivity index (χ1v) is 9.92. The molecular weight excluding hydrogens is 368 g/mol. The number of aromatic nitrogens is 2. The summed E-state index contributed by atoms with van der Waals surface area (Å²) in [5.41, 5.74) is 3.31. The topological polar surface area (TPSA) is 99.2 Å². The van der Waals surface area contributed by atoms with Gasteiger partial charge in [-0.2, -0.15) is 0 Å². The predicted octanol–water partition coefficient (Wildman–Crippen LogP) is 2.18. The van der Waals surface area contributed by atoms with Crippen molar-refractivity contribution in [3.63, 3.8) is 0 Å². The van der Waals surface area contributed by atoms with E-state index in [2.05, 4.69) is 30.8 Å². The fraction of sp³-hybridized carbons (Fsp3) is 0.429. The van der Waals surface area contributed by atoms with Crippen LogP contribution in [-0.4, -0.2) is 52.9 Å². The molecule has 3 heterocycles. The van der Waals surface area contributed by atoms with Gasteiger partial charge in [-0.3, -0.25) is 14.5 Å². The number of pyridine rings is 2. The zero-order valence-electron chi connectivity index (χ0n) is 17.2. The number of hydrogen-bond donors (Lipinski definition) is 3. The van der Waals surface area contributed by atoms with E-state index in [1.807, 2.05) is 32.0 Å². The molecule has 3 rings (SSSR count). The van der Waals surface area contributed by atoms with Crippen molar-refractivity contribution in [1.82, 2.24) is 20.2 Å². The fourth-order valence-electron chi connectivity index (χ4n) is 3.31. The summed E-state index contributed by atoms with van der Waals surface area (Å²) in [7, 11) is 1.60. The number of nitrogens with one attached hydrogen (secondary N) is 3. The number of likely N-dealkylation sites (tertiary alicyclic amines) is 1. The monoisotopic (exact) mass is 396 g/mol. The van der Waals surface area contributed by atoms with Crippen LogP contribution in [0.3, 0.4) is 0 Å². The summed E-state index contributed by atoms with van der Waals surface area (Å²) in [5, 5.41) is 8.92. The van der Waals surface area contributed by atoms with Gasteiger partial charge in [0, 0.05) is 39.3 Å². The number of hydrogen-bond acceptors (Lipinski definition) is 6. The molecule has 3 N–H and O–H groups in total. The molecular formula is C21H28N6O2. The van der Waals surface area contributed by atoms with Crippen molar-refractivity contribution in [2.24, 2.45) is 0 Å². The molecule has 0 aromatic carbocycles. The minimum atomic E-state index is -0.183. The summed E-state index contributed by atoms with van der Waals surface area (Å²) < 4.78 is 0. The maximum Gasteiger partial charge on any atom is 0.269 e. The molecule has 1 aliphatic rings. The first kappa shape index (κ1) is 20.7. The Bertz CT molecular complexity index is 879. The maximum atomic E-state index is 11.7. The van der Waals surface area contributed by atoms with Crippen molar-refractivity contribution in [2.45, 2.75) is 39.3 Å². The molecule has 0 saturated carbocycles. The van der Waals surface area contributed by atoms with Crippen molar-refractivity contribution >= 4 is 23.3 Å². The Morgan fingerprint density at radius 3 is 2.72 bits per heavy atom. The van der Waals surface area contributed by atoms with Crippen LogP contribution in [-0.2, 0) is 11.3 Å². The van der Waals surface area contributed by atoms with Crippen LogP contribution in [0.5, 0.6) is 0 Å². The SMILES string of the molecule is CCCC(=O)Nc1cc(CN2CC(Nc3ccc(C(=O)NC)nc3C)C2)ccn1. The first-order chi connectivity index (χ1) is 14.0. The minimum Gasteiger partial charge on any atom is -0.378 e. The highest BCUT2D eigenvalue weighted by atomic mass is 16.2. The first-order valence-electron chi connectivity index (χ1n) is 9.92. The highest BCUT2D eigenvalue weighted by Gasteiger charge is 2.27. The number of nitrogens with zero attached hydrogens (tertiary/aromatic N) is 3. The molecule has 154 valence electrons. The van der Waals surface area contributed by atoms with Gasteiger partial charge in [-0.05, 0) is 43.2 Å². The van der Waals surface area contributed by atoms with Gasteiger partial charge in [0.15, 0.2) is 0 Å². The van der Waals surface area contributed by atoms with E-state index in [4.69, 9.17) is 0 Å². The normalized spacial score (nSPS) is 14.2. The number of aryl methyl sites for hydroxylation is 1. The minimum absolute atomic E-state index is 0.00298. The second-order valence-electron chi connectivity index (χ2n) is 7.29. The molecule has 0 radical (unpaired) electrons. The van der Waals surface area contributed by atoms with Gasteiger partial charge in [0.25, 0.3) is 5.91 Å². The van der Waals surface area contributed by atoms with Gasteiger partial charge in [-0.25, -0.2) is 9.97 Å². The van der Waals surface area contributed by atoms with Crippen molar-refractivity contribution in [3.8, 4) is 0 Å². The molecule has 2 amide bonds. The standard InChI is InChI=1S/C21H28N6O2/c1-4-5-20(28)26-19-10-15(8-9-23-19)11-27-12-16(13-27)25-17-6-7-18(21(29)22-3)24-14(17)2/h6-10,16,25H,4-5,11-13H2,1-3H3,(H,22,29)(H,23,26,28). The molecule has 29 heavy (non-hydrogen) atoms. The number of rotatable bonds is 8. The number of amides is 2. The molecule has 1 fully saturated rings. The van der Waals surface area contributed by atoms with Gasteiger partial charge in [0.2, 0.25) is 5.91 Å². The van der Waals surface area contributed by atoms with Gasteiger partial charge in [-0.15, -0.1) is 0 Å². The van der Waals surface area contributed by atoms with E-state index in [0.29, 0.717) is 24.0 Å².